The molecular weight excluding hydrogens is 321 g/mol. The predicted octanol–water partition coefficient (Wildman–Crippen LogP) is 3.55. The summed E-state index contributed by atoms with van der Waals surface area (Å²) < 4.78 is 19.7. The van der Waals surface area contributed by atoms with Gasteiger partial charge in [-0.05, 0) is 42.0 Å². The fourth-order valence-corrected chi connectivity index (χ4v) is 3.50. The first-order chi connectivity index (χ1) is 11.9. The van der Waals surface area contributed by atoms with Gasteiger partial charge < -0.3 is 9.84 Å². The van der Waals surface area contributed by atoms with E-state index in [1.165, 1.54) is 16.7 Å². The number of nitrogens with zero attached hydrogens (tertiary/aromatic N) is 1. The van der Waals surface area contributed by atoms with Gasteiger partial charge >= 0.3 is 5.97 Å². The molecule has 0 aromatic heterocycles. The molecule has 5 heteroatoms. The van der Waals surface area contributed by atoms with Gasteiger partial charge in [-0.3, -0.25) is 4.90 Å². The van der Waals surface area contributed by atoms with E-state index in [9.17, 15) is 9.18 Å². The van der Waals surface area contributed by atoms with Gasteiger partial charge in [0, 0.05) is 19.6 Å². The van der Waals surface area contributed by atoms with E-state index in [-0.39, 0.29) is 13.1 Å². The summed E-state index contributed by atoms with van der Waals surface area (Å²) in [6.07, 6.45) is 5.27. The number of benzene rings is 1. The lowest BCUT2D eigenvalue weighted by atomic mass is 9.83. The molecule has 0 unspecified atom stereocenters. The summed E-state index contributed by atoms with van der Waals surface area (Å²) in [5.74, 6) is -0.0733. The van der Waals surface area contributed by atoms with Crippen LogP contribution >= 0.6 is 0 Å². The highest BCUT2D eigenvalue weighted by molar-refractivity contribution is 5.79. The minimum atomic E-state index is -2.07. The zero-order valence-electron chi connectivity index (χ0n) is 14.9. The second-order valence-corrected chi connectivity index (χ2v) is 7.30. The molecule has 136 valence electrons. The molecule has 1 atom stereocenters. The highest BCUT2D eigenvalue weighted by Gasteiger charge is 2.50. The maximum Gasteiger partial charge on any atom is 0.344 e. The van der Waals surface area contributed by atoms with Crippen LogP contribution in [0.1, 0.15) is 37.8 Å². The summed E-state index contributed by atoms with van der Waals surface area (Å²) in [6.45, 7) is 5.64. The lowest BCUT2D eigenvalue weighted by molar-refractivity contribution is -0.163. The summed E-state index contributed by atoms with van der Waals surface area (Å²) >= 11 is 0. The molecular formula is C20H26FNO3. The van der Waals surface area contributed by atoms with Gasteiger partial charge in [0.15, 0.2) is 0 Å². The quantitative estimate of drug-likeness (QED) is 0.767. The van der Waals surface area contributed by atoms with Crippen LogP contribution in [0.2, 0.25) is 0 Å². The summed E-state index contributed by atoms with van der Waals surface area (Å²) in [4.78, 5) is 12.7. The number of likely N-dealkylation sites (tertiary alicyclic amines) is 1. The van der Waals surface area contributed by atoms with Gasteiger partial charge in [-0.15, -0.1) is 0 Å². The fraction of sp³-hybridized carbons (Fsp3) is 0.550. The average Bonchev–Trinajstić information content (AvgIpc) is 2.54. The van der Waals surface area contributed by atoms with Crippen molar-refractivity contribution in [3.63, 3.8) is 0 Å². The van der Waals surface area contributed by atoms with E-state index in [2.05, 4.69) is 32.1 Å². The van der Waals surface area contributed by atoms with E-state index < -0.39 is 11.6 Å². The number of halogens is 1. The number of carboxylic acids is 1. The summed E-state index contributed by atoms with van der Waals surface area (Å²) in [7, 11) is 0. The van der Waals surface area contributed by atoms with E-state index in [0.717, 1.165) is 31.6 Å². The number of ether oxygens (including phenoxy) is 1. The number of carboxylic acid groups (broad SMARTS) is 1. The number of aliphatic carboxylic acids is 1. The third-order valence-electron chi connectivity index (χ3n) is 5.12. The number of carbonyl (C=O) groups is 1. The third-order valence-corrected chi connectivity index (χ3v) is 5.12. The molecule has 3 rings (SSSR count). The number of rotatable bonds is 7. The number of alkyl halides is 1. The van der Waals surface area contributed by atoms with E-state index in [1.54, 1.807) is 0 Å². The molecule has 1 fully saturated rings. The van der Waals surface area contributed by atoms with Gasteiger partial charge in [-0.2, -0.15) is 0 Å². The molecule has 1 heterocycles. The standard InChI is InChI=1S/C20H26FNO3/c1-3-4-7-25-18-6-5-15-9-17(14(2)8-16(15)10-18)11-22-12-20(21,13-22)19(23)24/h5-6,9-10,14H,3-4,7-8,11-13H2,1-2H3,(H,23,24)/t14-/m0/s1. The summed E-state index contributed by atoms with van der Waals surface area (Å²) in [6, 6.07) is 6.20. The first-order valence-corrected chi connectivity index (χ1v) is 9.02. The Morgan fingerprint density at radius 1 is 1.44 bits per heavy atom. The first kappa shape index (κ1) is 17.9. The molecule has 0 spiro atoms. The van der Waals surface area contributed by atoms with Crippen molar-refractivity contribution >= 4 is 12.0 Å². The van der Waals surface area contributed by atoms with Crippen LogP contribution in [0.4, 0.5) is 4.39 Å². The third kappa shape index (κ3) is 3.87. The molecule has 0 saturated carbocycles. The maximum atomic E-state index is 13.9. The fourth-order valence-electron chi connectivity index (χ4n) is 3.50. The molecule has 2 aliphatic rings. The van der Waals surface area contributed by atoms with Crippen LogP contribution < -0.4 is 4.74 Å². The van der Waals surface area contributed by atoms with Gasteiger partial charge in [0.2, 0.25) is 5.67 Å². The van der Waals surface area contributed by atoms with E-state index in [4.69, 9.17) is 9.84 Å². The lowest BCUT2D eigenvalue weighted by Gasteiger charge is -2.42. The Morgan fingerprint density at radius 3 is 2.88 bits per heavy atom. The molecule has 0 radical (unpaired) electrons. The van der Waals surface area contributed by atoms with Crippen LogP contribution in [-0.4, -0.2) is 47.9 Å². The second kappa shape index (κ2) is 7.16. The minimum Gasteiger partial charge on any atom is -0.494 e. The second-order valence-electron chi connectivity index (χ2n) is 7.30. The van der Waals surface area contributed by atoms with E-state index >= 15 is 0 Å². The van der Waals surface area contributed by atoms with Gasteiger partial charge in [0.05, 0.1) is 6.61 Å². The number of hydrogen-bond acceptors (Lipinski definition) is 3. The van der Waals surface area contributed by atoms with Crippen LogP contribution in [0.25, 0.3) is 6.08 Å². The lowest BCUT2D eigenvalue weighted by Crippen LogP contribution is -2.63. The van der Waals surface area contributed by atoms with Gasteiger partial charge in [-0.1, -0.05) is 38.0 Å². The highest BCUT2D eigenvalue weighted by Crippen LogP contribution is 2.34. The van der Waals surface area contributed by atoms with Crippen LogP contribution in [-0.2, 0) is 11.2 Å². The van der Waals surface area contributed by atoms with Gasteiger partial charge in [-0.25, -0.2) is 9.18 Å². The van der Waals surface area contributed by atoms with Crippen LogP contribution in [0, 0.1) is 5.92 Å². The SMILES string of the molecule is CCCCOc1ccc2c(c1)C[C@H](C)C(CN1CC(F)(C(=O)O)C1)=C2. The normalized spacial score (nSPS) is 21.9. The predicted molar refractivity (Wildman–Crippen MR) is 95.6 cm³/mol. The molecule has 0 amide bonds. The molecule has 25 heavy (non-hydrogen) atoms. The topological polar surface area (TPSA) is 49.8 Å². The van der Waals surface area contributed by atoms with Crippen molar-refractivity contribution in [3.05, 3.63) is 34.9 Å². The molecule has 1 aromatic rings. The van der Waals surface area contributed by atoms with Crippen molar-refractivity contribution in [1.82, 2.24) is 4.90 Å². The molecule has 1 aliphatic carbocycles. The Bertz CT molecular complexity index is 680. The average molecular weight is 347 g/mol. The van der Waals surface area contributed by atoms with Crippen molar-refractivity contribution in [2.75, 3.05) is 26.2 Å². The summed E-state index contributed by atoms with van der Waals surface area (Å²) in [5, 5.41) is 8.87. The molecule has 4 nitrogen and oxygen atoms in total. The largest absolute Gasteiger partial charge is 0.494 e. The molecule has 1 N–H and O–H groups in total. The summed E-state index contributed by atoms with van der Waals surface area (Å²) in [5.41, 5.74) is 1.63. The Labute approximate surface area is 148 Å². The highest BCUT2D eigenvalue weighted by atomic mass is 19.1. The van der Waals surface area contributed by atoms with Crippen LogP contribution in [0.3, 0.4) is 0 Å². The van der Waals surface area contributed by atoms with Gasteiger partial charge in [0.1, 0.15) is 5.75 Å². The number of unbranched alkanes of at least 4 members (excludes halogenated alkanes) is 1. The zero-order chi connectivity index (χ0) is 18.0. The van der Waals surface area contributed by atoms with Crippen molar-refractivity contribution < 1.29 is 19.0 Å². The Kier molecular flexibility index (Phi) is 5.13. The molecule has 1 saturated heterocycles. The number of hydrogen-bond donors (Lipinski definition) is 1. The number of fused-ring (bicyclic) bond motifs is 1. The van der Waals surface area contributed by atoms with Gasteiger partial charge in [0.25, 0.3) is 0 Å². The Hall–Kier alpha value is -1.88. The monoisotopic (exact) mass is 347 g/mol. The molecule has 1 aliphatic heterocycles. The van der Waals surface area contributed by atoms with Crippen molar-refractivity contribution in [1.29, 1.82) is 0 Å². The molecule has 0 bridgehead atoms. The van der Waals surface area contributed by atoms with Crippen LogP contribution in [0.15, 0.2) is 23.8 Å². The first-order valence-electron chi connectivity index (χ1n) is 9.02. The van der Waals surface area contributed by atoms with E-state index in [0.29, 0.717) is 12.5 Å². The Balaban J connectivity index is 1.65. The zero-order valence-corrected chi connectivity index (χ0v) is 14.9. The van der Waals surface area contributed by atoms with E-state index in [1.807, 2.05) is 11.0 Å². The Morgan fingerprint density at radius 2 is 2.20 bits per heavy atom. The maximum absolute atomic E-state index is 13.9. The van der Waals surface area contributed by atoms with Crippen molar-refractivity contribution in [3.8, 4) is 5.75 Å². The van der Waals surface area contributed by atoms with Crippen molar-refractivity contribution in [2.24, 2.45) is 5.92 Å². The smallest absolute Gasteiger partial charge is 0.344 e. The minimum absolute atomic E-state index is 0.0243. The van der Waals surface area contributed by atoms with Crippen molar-refractivity contribution in [2.45, 2.75) is 38.8 Å². The molecule has 1 aromatic carbocycles. The van der Waals surface area contributed by atoms with Crippen LogP contribution in [0.5, 0.6) is 5.75 Å².